The molecular formula is C19H24N2O4S. The Labute approximate surface area is 154 Å². The molecule has 0 aliphatic heterocycles. The molecule has 0 unspecified atom stereocenters. The van der Waals surface area contributed by atoms with Crippen LogP contribution >= 0.6 is 0 Å². The second kappa shape index (κ2) is 8.23. The smallest absolute Gasteiger partial charge is 0.251 e. The number of sulfonamides is 1. The molecule has 0 aliphatic rings. The van der Waals surface area contributed by atoms with Gasteiger partial charge in [-0.1, -0.05) is 12.1 Å². The highest BCUT2D eigenvalue weighted by Gasteiger charge is 2.10. The summed E-state index contributed by atoms with van der Waals surface area (Å²) in [6.07, 6.45) is 1.09. The van der Waals surface area contributed by atoms with Crippen LogP contribution in [0.2, 0.25) is 0 Å². The van der Waals surface area contributed by atoms with Gasteiger partial charge >= 0.3 is 0 Å². The molecule has 0 fully saturated rings. The van der Waals surface area contributed by atoms with Gasteiger partial charge in [0.2, 0.25) is 10.0 Å². The molecule has 2 N–H and O–H groups in total. The summed E-state index contributed by atoms with van der Waals surface area (Å²) in [5.74, 6) is 0.579. The van der Waals surface area contributed by atoms with E-state index in [1.54, 1.807) is 25.1 Å². The molecule has 0 saturated carbocycles. The number of benzene rings is 2. The maximum Gasteiger partial charge on any atom is 0.251 e. The molecule has 2 rings (SSSR count). The normalized spacial score (nSPS) is 11.1. The number of rotatable bonds is 7. The third kappa shape index (κ3) is 5.49. The third-order valence-electron chi connectivity index (χ3n) is 3.98. The molecule has 0 radical (unpaired) electrons. The number of carbonyl (C=O) groups excluding carboxylic acids is 1. The van der Waals surface area contributed by atoms with Crippen molar-refractivity contribution in [3.8, 4) is 5.75 Å². The Morgan fingerprint density at radius 2 is 1.81 bits per heavy atom. The molecule has 0 spiro atoms. The van der Waals surface area contributed by atoms with E-state index in [4.69, 9.17) is 4.74 Å². The van der Waals surface area contributed by atoms with E-state index in [1.165, 1.54) is 0 Å². The molecule has 7 heteroatoms. The predicted molar refractivity (Wildman–Crippen MR) is 103 cm³/mol. The highest BCUT2D eigenvalue weighted by Crippen LogP contribution is 2.20. The highest BCUT2D eigenvalue weighted by atomic mass is 32.2. The van der Waals surface area contributed by atoms with Crippen LogP contribution in [-0.4, -0.2) is 33.7 Å². The maximum absolute atomic E-state index is 12.2. The number of amides is 1. The molecule has 0 aromatic heterocycles. The van der Waals surface area contributed by atoms with Gasteiger partial charge in [0.05, 0.1) is 18.5 Å². The lowest BCUT2D eigenvalue weighted by molar-refractivity contribution is 0.0947. The quantitative estimate of drug-likeness (QED) is 0.728. The summed E-state index contributed by atoms with van der Waals surface area (Å²) >= 11 is 0. The zero-order chi connectivity index (χ0) is 19.3. The Kier molecular flexibility index (Phi) is 6.26. The molecule has 1 amide bonds. The first-order valence-electron chi connectivity index (χ1n) is 8.23. The third-order valence-corrected chi connectivity index (χ3v) is 4.57. The van der Waals surface area contributed by atoms with Crippen LogP contribution in [0.4, 0.5) is 5.69 Å². The van der Waals surface area contributed by atoms with E-state index in [0.29, 0.717) is 30.0 Å². The first kappa shape index (κ1) is 19.8. The van der Waals surface area contributed by atoms with Crippen LogP contribution in [0, 0.1) is 20.8 Å². The van der Waals surface area contributed by atoms with Crippen LogP contribution in [-0.2, 0) is 10.0 Å². The number of hydrogen-bond donors (Lipinski definition) is 2. The fourth-order valence-corrected chi connectivity index (χ4v) is 3.06. The van der Waals surface area contributed by atoms with E-state index in [9.17, 15) is 13.2 Å². The van der Waals surface area contributed by atoms with Crippen molar-refractivity contribution >= 4 is 21.6 Å². The van der Waals surface area contributed by atoms with E-state index < -0.39 is 10.0 Å². The van der Waals surface area contributed by atoms with Crippen molar-refractivity contribution in [1.82, 2.24) is 5.32 Å². The zero-order valence-corrected chi connectivity index (χ0v) is 16.2. The molecule has 26 heavy (non-hydrogen) atoms. The van der Waals surface area contributed by atoms with E-state index in [1.807, 2.05) is 32.0 Å². The molecular weight excluding hydrogens is 352 g/mol. The van der Waals surface area contributed by atoms with Crippen LogP contribution < -0.4 is 14.8 Å². The minimum Gasteiger partial charge on any atom is -0.491 e. The van der Waals surface area contributed by atoms with Crippen LogP contribution in [0.5, 0.6) is 5.75 Å². The largest absolute Gasteiger partial charge is 0.491 e. The standard InChI is InChI=1S/C19H24N2O4S/c1-13-6-5-7-18(15(13)3)25-11-10-20-19(22)16-8-9-17(14(2)12-16)21-26(4,23)24/h5-9,12,21H,10-11H2,1-4H3,(H,20,22). The Balaban J connectivity index is 1.90. The van der Waals surface area contributed by atoms with Gasteiger partial charge in [-0.05, 0) is 61.7 Å². The molecule has 6 nitrogen and oxygen atoms in total. The van der Waals surface area contributed by atoms with Gasteiger partial charge in [0, 0.05) is 5.56 Å². The van der Waals surface area contributed by atoms with Gasteiger partial charge in [-0.25, -0.2) is 8.42 Å². The Hall–Kier alpha value is -2.54. The highest BCUT2D eigenvalue weighted by molar-refractivity contribution is 7.92. The average Bonchev–Trinajstić information content (AvgIpc) is 2.55. The minimum atomic E-state index is -3.35. The van der Waals surface area contributed by atoms with E-state index in [0.717, 1.165) is 23.1 Å². The van der Waals surface area contributed by atoms with Gasteiger partial charge in [-0.2, -0.15) is 0 Å². The monoisotopic (exact) mass is 376 g/mol. The van der Waals surface area contributed by atoms with Crippen molar-refractivity contribution < 1.29 is 17.9 Å². The molecule has 0 heterocycles. The molecule has 2 aromatic rings. The Bertz CT molecular complexity index is 908. The summed E-state index contributed by atoms with van der Waals surface area (Å²) in [6, 6.07) is 10.7. The second-order valence-corrected chi connectivity index (χ2v) is 7.95. The van der Waals surface area contributed by atoms with Gasteiger partial charge in [0.15, 0.2) is 0 Å². The number of carbonyl (C=O) groups is 1. The molecule has 0 aliphatic carbocycles. The number of ether oxygens (including phenoxy) is 1. The fraction of sp³-hybridized carbons (Fsp3) is 0.316. The van der Waals surface area contributed by atoms with Crippen molar-refractivity contribution in [3.63, 3.8) is 0 Å². The van der Waals surface area contributed by atoms with Crippen molar-refractivity contribution in [3.05, 3.63) is 58.7 Å². The van der Waals surface area contributed by atoms with Crippen molar-refractivity contribution in [2.45, 2.75) is 20.8 Å². The second-order valence-electron chi connectivity index (χ2n) is 6.21. The van der Waals surface area contributed by atoms with Crippen molar-refractivity contribution in [2.24, 2.45) is 0 Å². The van der Waals surface area contributed by atoms with Crippen LogP contribution in [0.3, 0.4) is 0 Å². The lowest BCUT2D eigenvalue weighted by Crippen LogP contribution is -2.28. The Morgan fingerprint density at radius 1 is 1.08 bits per heavy atom. The molecule has 0 bridgehead atoms. The number of hydrogen-bond acceptors (Lipinski definition) is 4. The lowest BCUT2D eigenvalue weighted by Gasteiger charge is -2.12. The SMILES string of the molecule is Cc1cc(C(=O)NCCOc2cccc(C)c2C)ccc1NS(C)(=O)=O. The summed E-state index contributed by atoms with van der Waals surface area (Å²) in [6.45, 7) is 6.50. The number of nitrogens with one attached hydrogen (secondary N) is 2. The average molecular weight is 376 g/mol. The first-order valence-corrected chi connectivity index (χ1v) is 10.1. The molecule has 140 valence electrons. The summed E-state index contributed by atoms with van der Waals surface area (Å²) in [7, 11) is -3.35. The zero-order valence-electron chi connectivity index (χ0n) is 15.4. The first-order chi connectivity index (χ1) is 12.2. The summed E-state index contributed by atoms with van der Waals surface area (Å²) < 4.78 is 30.7. The molecule has 0 saturated heterocycles. The molecule has 2 aromatic carbocycles. The van der Waals surface area contributed by atoms with Crippen LogP contribution in [0.15, 0.2) is 36.4 Å². The number of aryl methyl sites for hydroxylation is 2. The van der Waals surface area contributed by atoms with Gasteiger partial charge in [0.1, 0.15) is 12.4 Å². The van der Waals surface area contributed by atoms with E-state index in [2.05, 4.69) is 10.0 Å². The van der Waals surface area contributed by atoms with E-state index >= 15 is 0 Å². The fourth-order valence-electron chi connectivity index (χ4n) is 2.43. The van der Waals surface area contributed by atoms with Crippen molar-refractivity contribution in [2.75, 3.05) is 24.1 Å². The minimum absolute atomic E-state index is 0.233. The Morgan fingerprint density at radius 3 is 2.46 bits per heavy atom. The van der Waals surface area contributed by atoms with Gasteiger partial charge in [-0.3, -0.25) is 9.52 Å². The van der Waals surface area contributed by atoms with Crippen molar-refractivity contribution in [1.29, 1.82) is 0 Å². The number of anilines is 1. The summed E-state index contributed by atoms with van der Waals surface area (Å²) in [5.41, 5.74) is 3.85. The molecule has 0 atom stereocenters. The summed E-state index contributed by atoms with van der Waals surface area (Å²) in [4.78, 5) is 12.2. The summed E-state index contributed by atoms with van der Waals surface area (Å²) in [5, 5.41) is 2.80. The maximum atomic E-state index is 12.2. The van der Waals surface area contributed by atoms with Gasteiger partial charge in [-0.15, -0.1) is 0 Å². The van der Waals surface area contributed by atoms with Crippen LogP contribution in [0.25, 0.3) is 0 Å². The predicted octanol–water partition coefficient (Wildman–Crippen LogP) is 2.79. The van der Waals surface area contributed by atoms with Gasteiger partial charge in [0.25, 0.3) is 5.91 Å². The lowest BCUT2D eigenvalue weighted by atomic mass is 10.1. The van der Waals surface area contributed by atoms with Gasteiger partial charge < -0.3 is 10.1 Å². The van der Waals surface area contributed by atoms with E-state index in [-0.39, 0.29) is 5.91 Å². The van der Waals surface area contributed by atoms with Crippen LogP contribution in [0.1, 0.15) is 27.0 Å². The topological polar surface area (TPSA) is 84.5 Å².